The molecule has 2 heterocycles. The molecule has 3 aromatic rings. The predicted molar refractivity (Wildman–Crippen MR) is 110 cm³/mol. The van der Waals surface area contributed by atoms with Gasteiger partial charge in [0.1, 0.15) is 16.5 Å². The smallest absolute Gasteiger partial charge is 0.281 e. The molecule has 134 valence electrons. The van der Waals surface area contributed by atoms with Gasteiger partial charge in [-0.25, -0.2) is 9.37 Å². The molecule has 2 aromatic carbocycles. The van der Waals surface area contributed by atoms with Crippen LogP contribution in [0.25, 0.3) is 16.6 Å². The summed E-state index contributed by atoms with van der Waals surface area (Å²) >= 11 is 6.78. The summed E-state index contributed by atoms with van der Waals surface area (Å²) in [5, 5.41) is 5.91. The first-order valence-corrected chi connectivity index (χ1v) is 9.46. The number of anilines is 1. The van der Waals surface area contributed by atoms with Gasteiger partial charge in [-0.2, -0.15) is 0 Å². The van der Waals surface area contributed by atoms with Gasteiger partial charge in [-0.3, -0.25) is 9.69 Å². The number of carbonyl (C=O) groups is 1. The molecule has 7 heteroatoms. The van der Waals surface area contributed by atoms with Gasteiger partial charge in [0.05, 0.1) is 11.4 Å². The van der Waals surface area contributed by atoms with Crippen molar-refractivity contribution in [2.24, 2.45) is 0 Å². The van der Waals surface area contributed by atoms with Crippen LogP contribution in [0.2, 0.25) is 0 Å². The first kappa shape index (κ1) is 17.5. The van der Waals surface area contributed by atoms with Gasteiger partial charge in [-0.15, -0.1) is 11.3 Å². The summed E-state index contributed by atoms with van der Waals surface area (Å²) in [6, 6.07) is 13.7. The third-order valence-electron chi connectivity index (χ3n) is 4.14. The van der Waals surface area contributed by atoms with Gasteiger partial charge in [0, 0.05) is 10.9 Å². The minimum absolute atomic E-state index is 0.217. The van der Waals surface area contributed by atoms with Gasteiger partial charge in [0.2, 0.25) is 0 Å². The average Bonchev–Trinajstić information content (AvgIpc) is 3.22. The number of thiazole rings is 1. The zero-order valence-corrected chi connectivity index (χ0v) is 15.9. The Morgan fingerprint density at radius 3 is 2.67 bits per heavy atom. The van der Waals surface area contributed by atoms with Crippen LogP contribution in [0.4, 0.5) is 10.1 Å². The summed E-state index contributed by atoms with van der Waals surface area (Å²) < 4.78 is 13.1. The molecule has 0 aliphatic carbocycles. The van der Waals surface area contributed by atoms with Crippen LogP contribution < -0.4 is 10.2 Å². The van der Waals surface area contributed by atoms with Crippen LogP contribution in [0.3, 0.4) is 0 Å². The molecule has 4 nitrogen and oxygen atoms in total. The van der Waals surface area contributed by atoms with Crippen LogP contribution in [0, 0.1) is 12.7 Å². The Kier molecular flexibility index (Phi) is 4.55. The summed E-state index contributed by atoms with van der Waals surface area (Å²) in [6.07, 6.45) is 1.68. The SMILES string of the molecule is Cc1ccccc1N1C(=O)/C(=C\c2csc(-c3ccc(F)cc3)n2)NC1=S. The number of amides is 1. The third kappa shape index (κ3) is 3.39. The van der Waals surface area contributed by atoms with E-state index in [1.807, 2.05) is 36.6 Å². The second-order valence-electron chi connectivity index (χ2n) is 6.00. The highest BCUT2D eigenvalue weighted by atomic mass is 32.1. The van der Waals surface area contributed by atoms with E-state index in [0.29, 0.717) is 16.5 Å². The highest BCUT2D eigenvalue weighted by Crippen LogP contribution is 2.27. The van der Waals surface area contributed by atoms with Gasteiger partial charge in [-0.05, 0) is 61.1 Å². The van der Waals surface area contributed by atoms with Crippen molar-refractivity contribution in [3.63, 3.8) is 0 Å². The zero-order valence-electron chi connectivity index (χ0n) is 14.3. The fourth-order valence-corrected chi connectivity index (χ4v) is 3.87. The molecule has 0 saturated carbocycles. The summed E-state index contributed by atoms with van der Waals surface area (Å²) in [6.45, 7) is 1.93. The van der Waals surface area contributed by atoms with Crippen molar-refractivity contribution in [1.82, 2.24) is 10.3 Å². The number of nitrogens with one attached hydrogen (secondary N) is 1. The van der Waals surface area contributed by atoms with Crippen molar-refractivity contribution >= 4 is 46.3 Å². The number of benzene rings is 2. The maximum atomic E-state index is 13.1. The molecule has 1 amide bonds. The number of aryl methyl sites for hydroxylation is 1. The summed E-state index contributed by atoms with van der Waals surface area (Å²) in [4.78, 5) is 18.8. The number of carbonyl (C=O) groups excluding carboxylic acids is 1. The minimum Gasteiger partial charge on any atom is -0.327 e. The van der Waals surface area contributed by atoms with Gasteiger partial charge in [0.15, 0.2) is 5.11 Å². The Labute approximate surface area is 165 Å². The number of hydrogen-bond donors (Lipinski definition) is 1. The van der Waals surface area contributed by atoms with Gasteiger partial charge in [0.25, 0.3) is 5.91 Å². The fraction of sp³-hybridized carbons (Fsp3) is 0.0500. The standard InChI is InChI=1S/C20H14FN3OS2/c1-12-4-2-3-5-17(12)24-19(25)16(23-20(24)26)10-15-11-27-18(22-15)13-6-8-14(21)9-7-13/h2-11H,1H3,(H,23,26)/b16-10+. The van der Waals surface area contributed by atoms with Crippen LogP contribution in [0.15, 0.2) is 59.6 Å². The molecule has 27 heavy (non-hydrogen) atoms. The van der Waals surface area contributed by atoms with Crippen molar-refractivity contribution < 1.29 is 9.18 Å². The number of aromatic nitrogens is 1. The molecular weight excluding hydrogens is 381 g/mol. The number of para-hydroxylation sites is 1. The van der Waals surface area contributed by atoms with Crippen molar-refractivity contribution in [3.05, 3.63) is 76.7 Å². The fourth-order valence-electron chi connectivity index (χ4n) is 2.79. The lowest BCUT2D eigenvalue weighted by atomic mass is 10.2. The first-order chi connectivity index (χ1) is 13.0. The van der Waals surface area contributed by atoms with Crippen LogP contribution in [0.5, 0.6) is 0 Å². The Morgan fingerprint density at radius 2 is 1.93 bits per heavy atom. The van der Waals surface area contributed by atoms with E-state index in [2.05, 4.69) is 10.3 Å². The third-order valence-corrected chi connectivity index (χ3v) is 5.33. The molecule has 0 radical (unpaired) electrons. The van der Waals surface area contributed by atoms with E-state index in [1.165, 1.54) is 28.4 Å². The van der Waals surface area contributed by atoms with E-state index in [1.54, 1.807) is 18.2 Å². The number of halogens is 1. The quantitative estimate of drug-likeness (QED) is 0.523. The van der Waals surface area contributed by atoms with E-state index in [-0.39, 0.29) is 11.7 Å². The van der Waals surface area contributed by atoms with Crippen LogP contribution in [0.1, 0.15) is 11.3 Å². The van der Waals surface area contributed by atoms with E-state index in [0.717, 1.165) is 21.8 Å². The number of rotatable bonds is 3. The van der Waals surface area contributed by atoms with E-state index < -0.39 is 0 Å². The number of thiocarbonyl (C=S) groups is 1. The lowest BCUT2D eigenvalue weighted by Gasteiger charge is -2.16. The summed E-state index contributed by atoms with van der Waals surface area (Å²) in [5.41, 5.74) is 3.56. The average molecular weight is 395 g/mol. The monoisotopic (exact) mass is 395 g/mol. The van der Waals surface area contributed by atoms with Crippen LogP contribution in [-0.4, -0.2) is 16.0 Å². The van der Waals surface area contributed by atoms with Crippen molar-refractivity contribution in [3.8, 4) is 10.6 Å². The minimum atomic E-state index is -0.289. The second-order valence-corrected chi connectivity index (χ2v) is 7.24. The zero-order chi connectivity index (χ0) is 19.0. The highest BCUT2D eigenvalue weighted by Gasteiger charge is 2.32. The lowest BCUT2D eigenvalue weighted by Crippen LogP contribution is -2.30. The molecule has 0 spiro atoms. The maximum Gasteiger partial charge on any atom is 0.281 e. The molecule has 4 rings (SSSR count). The van der Waals surface area contributed by atoms with Crippen LogP contribution >= 0.6 is 23.6 Å². The number of nitrogens with zero attached hydrogens (tertiary/aromatic N) is 2. The van der Waals surface area contributed by atoms with E-state index in [9.17, 15) is 9.18 Å². The largest absolute Gasteiger partial charge is 0.327 e. The van der Waals surface area contributed by atoms with Crippen molar-refractivity contribution in [1.29, 1.82) is 0 Å². The van der Waals surface area contributed by atoms with Crippen molar-refractivity contribution in [2.75, 3.05) is 4.90 Å². The predicted octanol–water partition coefficient (Wildman–Crippen LogP) is 4.52. The van der Waals surface area contributed by atoms with Crippen molar-refractivity contribution in [2.45, 2.75) is 6.92 Å². The van der Waals surface area contributed by atoms with E-state index >= 15 is 0 Å². The van der Waals surface area contributed by atoms with E-state index in [4.69, 9.17) is 12.2 Å². The molecule has 1 aliphatic rings. The Morgan fingerprint density at radius 1 is 1.19 bits per heavy atom. The van der Waals surface area contributed by atoms with Gasteiger partial charge < -0.3 is 5.32 Å². The molecule has 1 aromatic heterocycles. The Balaban J connectivity index is 1.62. The molecule has 0 bridgehead atoms. The Hall–Kier alpha value is -2.90. The topological polar surface area (TPSA) is 45.2 Å². The summed E-state index contributed by atoms with van der Waals surface area (Å²) in [7, 11) is 0. The van der Waals surface area contributed by atoms with Crippen LogP contribution in [-0.2, 0) is 4.79 Å². The molecule has 1 saturated heterocycles. The maximum absolute atomic E-state index is 13.1. The van der Waals surface area contributed by atoms with Gasteiger partial charge in [-0.1, -0.05) is 18.2 Å². The molecule has 1 N–H and O–H groups in total. The molecular formula is C20H14FN3OS2. The molecule has 0 unspecified atom stereocenters. The molecule has 1 fully saturated rings. The second kappa shape index (κ2) is 7.02. The molecule has 0 atom stereocenters. The number of hydrogen-bond acceptors (Lipinski definition) is 4. The van der Waals surface area contributed by atoms with Gasteiger partial charge >= 0.3 is 0 Å². The lowest BCUT2D eigenvalue weighted by molar-refractivity contribution is -0.113. The Bertz CT molecular complexity index is 1070. The summed E-state index contributed by atoms with van der Waals surface area (Å²) in [5.74, 6) is -0.506. The molecule has 1 aliphatic heterocycles. The highest BCUT2D eigenvalue weighted by molar-refractivity contribution is 7.80. The first-order valence-electron chi connectivity index (χ1n) is 8.17. The normalized spacial score (nSPS) is 15.5.